The fraction of sp³-hybridized carbons (Fsp3) is 0.471. The summed E-state index contributed by atoms with van der Waals surface area (Å²) in [6.07, 6.45) is 3.73. The monoisotopic (exact) mass is 348 g/mol. The first-order valence-corrected chi connectivity index (χ1v) is 8.31. The highest BCUT2D eigenvalue weighted by atomic mass is 19.1. The molecule has 1 aliphatic carbocycles. The van der Waals surface area contributed by atoms with E-state index in [4.69, 9.17) is 4.74 Å². The molecule has 1 aromatic carbocycles. The number of hydrogen-bond donors (Lipinski definition) is 2. The van der Waals surface area contributed by atoms with Crippen LogP contribution in [-0.4, -0.2) is 44.5 Å². The standard InChI is InChI=1S/C17H21FN4O3/c18-13-2-4-14(5-3-13)25-15-6-1-12(17(15)24)9-20-16(23)7-8-22-11-19-10-21-22/h2-5,10-12,15,17,24H,1,6-9H2,(H,20,23)/t12-,15-,17-/m1/s1. The molecule has 2 N–H and O–H groups in total. The van der Waals surface area contributed by atoms with Crippen molar-refractivity contribution in [1.82, 2.24) is 20.1 Å². The third-order valence-electron chi connectivity index (χ3n) is 4.38. The summed E-state index contributed by atoms with van der Waals surface area (Å²) < 4.78 is 20.2. The topological polar surface area (TPSA) is 89.3 Å². The second-order valence-corrected chi connectivity index (χ2v) is 6.15. The number of aliphatic hydroxyl groups excluding tert-OH is 1. The van der Waals surface area contributed by atoms with Gasteiger partial charge in [0.1, 0.15) is 30.3 Å². The number of amides is 1. The highest BCUT2D eigenvalue weighted by molar-refractivity contribution is 5.75. The van der Waals surface area contributed by atoms with Crippen molar-refractivity contribution < 1.29 is 19.0 Å². The number of aromatic nitrogens is 3. The number of rotatable bonds is 7. The van der Waals surface area contributed by atoms with Crippen LogP contribution >= 0.6 is 0 Å². The van der Waals surface area contributed by atoms with Crippen LogP contribution in [0, 0.1) is 11.7 Å². The smallest absolute Gasteiger partial charge is 0.221 e. The van der Waals surface area contributed by atoms with E-state index in [1.165, 1.54) is 18.5 Å². The fourth-order valence-electron chi connectivity index (χ4n) is 2.96. The van der Waals surface area contributed by atoms with E-state index < -0.39 is 6.10 Å². The molecule has 1 saturated carbocycles. The molecular weight excluding hydrogens is 327 g/mol. The number of benzene rings is 1. The first kappa shape index (κ1) is 17.3. The van der Waals surface area contributed by atoms with E-state index in [-0.39, 0.29) is 23.7 Å². The molecular formula is C17H21FN4O3. The van der Waals surface area contributed by atoms with Crippen LogP contribution in [-0.2, 0) is 11.3 Å². The van der Waals surface area contributed by atoms with Gasteiger partial charge < -0.3 is 15.2 Å². The van der Waals surface area contributed by atoms with E-state index in [1.807, 2.05) is 0 Å². The third-order valence-corrected chi connectivity index (χ3v) is 4.38. The number of carbonyl (C=O) groups excluding carboxylic acids is 1. The van der Waals surface area contributed by atoms with Gasteiger partial charge >= 0.3 is 0 Å². The van der Waals surface area contributed by atoms with Crippen molar-refractivity contribution in [3.8, 4) is 5.75 Å². The number of nitrogens with one attached hydrogen (secondary N) is 1. The molecule has 2 aromatic rings. The number of nitrogens with zero attached hydrogens (tertiary/aromatic N) is 3. The van der Waals surface area contributed by atoms with Gasteiger partial charge in [-0.2, -0.15) is 5.10 Å². The molecule has 3 atom stereocenters. The summed E-state index contributed by atoms with van der Waals surface area (Å²) in [5, 5.41) is 17.2. The molecule has 0 saturated heterocycles. The Kier molecular flexibility index (Phi) is 5.60. The van der Waals surface area contributed by atoms with Gasteiger partial charge in [0.05, 0.1) is 12.6 Å². The van der Waals surface area contributed by atoms with Gasteiger partial charge in [0.2, 0.25) is 5.91 Å². The lowest BCUT2D eigenvalue weighted by molar-refractivity contribution is -0.121. The van der Waals surface area contributed by atoms with Crippen LogP contribution in [0.4, 0.5) is 4.39 Å². The minimum atomic E-state index is -0.666. The van der Waals surface area contributed by atoms with Gasteiger partial charge in [-0.25, -0.2) is 9.37 Å². The number of halogens is 1. The van der Waals surface area contributed by atoms with Crippen LogP contribution in [0.2, 0.25) is 0 Å². The highest BCUT2D eigenvalue weighted by Crippen LogP contribution is 2.29. The molecule has 1 fully saturated rings. The Morgan fingerprint density at radius 2 is 2.16 bits per heavy atom. The van der Waals surface area contributed by atoms with Crippen LogP contribution in [0.3, 0.4) is 0 Å². The second-order valence-electron chi connectivity index (χ2n) is 6.15. The highest BCUT2D eigenvalue weighted by Gasteiger charge is 2.36. The lowest BCUT2D eigenvalue weighted by atomic mass is 10.1. The molecule has 3 rings (SSSR count). The van der Waals surface area contributed by atoms with Gasteiger partial charge in [-0.1, -0.05) is 0 Å². The van der Waals surface area contributed by atoms with Crippen LogP contribution < -0.4 is 10.1 Å². The van der Waals surface area contributed by atoms with E-state index in [9.17, 15) is 14.3 Å². The van der Waals surface area contributed by atoms with Gasteiger partial charge in [-0.15, -0.1) is 0 Å². The Balaban J connectivity index is 1.41. The molecule has 8 heteroatoms. The van der Waals surface area contributed by atoms with Crippen molar-refractivity contribution in [2.45, 2.75) is 38.0 Å². The van der Waals surface area contributed by atoms with Crippen molar-refractivity contribution in [2.75, 3.05) is 6.54 Å². The van der Waals surface area contributed by atoms with Crippen molar-refractivity contribution in [3.63, 3.8) is 0 Å². The van der Waals surface area contributed by atoms with E-state index in [1.54, 1.807) is 23.1 Å². The van der Waals surface area contributed by atoms with Crippen LogP contribution in [0.15, 0.2) is 36.9 Å². The molecule has 0 spiro atoms. The van der Waals surface area contributed by atoms with Gasteiger partial charge in [0.15, 0.2) is 0 Å². The Morgan fingerprint density at radius 1 is 1.36 bits per heavy atom. The molecule has 0 unspecified atom stereocenters. The predicted molar refractivity (Wildman–Crippen MR) is 87.2 cm³/mol. The maximum atomic E-state index is 12.9. The number of carbonyl (C=O) groups is 1. The summed E-state index contributed by atoms with van der Waals surface area (Å²) in [4.78, 5) is 15.7. The van der Waals surface area contributed by atoms with Crippen LogP contribution in [0.25, 0.3) is 0 Å². The maximum absolute atomic E-state index is 12.9. The van der Waals surface area contributed by atoms with E-state index in [0.29, 0.717) is 31.7 Å². The maximum Gasteiger partial charge on any atom is 0.221 e. The minimum Gasteiger partial charge on any atom is -0.488 e. The summed E-state index contributed by atoms with van der Waals surface area (Å²) in [5.41, 5.74) is 0. The van der Waals surface area contributed by atoms with E-state index in [0.717, 1.165) is 6.42 Å². The summed E-state index contributed by atoms with van der Waals surface area (Å²) in [5.74, 6) is 0.0557. The van der Waals surface area contributed by atoms with Gasteiger partial charge in [-0.05, 0) is 37.1 Å². The predicted octanol–water partition coefficient (Wildman–Crippen LogP) is 1.14. The SMILES string of the molecule is O=C(CCn1cncn1)NC[C@H]1CC[C@@H](Oc2ccc(F)cc2)[C@@H]1O. The van der Waals surface area contributed by atoms with Crippen molar-refractivity contribution in [1.29, 1.82) is 0 Å². The summed E-state index contributed by atoms with van der Waals surface area (Å²) in [7, 11) is 0. The van der Waals surface area contributed by atoms with Gasteiger partial charge in [0.25, 0.3) is 0 Å². The number of hydrogen-bond acceptors (Lipinski definition) is 5. The minimum absolute atomic E-state index is 0.0548. The average molecular weight is 348 g/mol. The average Bonchev–Trinajstić information content (AvgIpc) is 3.24. The molecule has 1 aromatic heterocycles. The quantitative estimate of drug-likeness (QED) is 0.783. The summed E-state index contributed by atoms with van der Waals surface area (Å²) in [6, 6.07) is 5.73. The molecule has 134 valence electrons. The Labute approximate surface area is 144 Å². The number of aliphatic hydroxyl groups is 1. The molecule has 0 radical (unpaired) electrons. The lowest BCUT2D eigenvalue weighted by Gasteiger charge is -2.21. The van der Waals surface area contributed by atoms with E-state index >= 15 is 0 Å². The number of aryl methyl sites for hydroxylation is 1. The number of ether oxygens (including phenoxy) is 1. The molecule has 0 aliphatic heterocycles. The molecule has 25 heavy (non-hydrogen) atoms. The zero-order valence-corrected chi connectivity index (χ0v) is 13.7. The van der Waals surface area contributed by atoms with Crippen molar-refractivity contribution >= 4 is 5.91 Å². The second kappa shape index (κ2) is 8.06. The normalized spacial score (nSPS) is 22.7. The Morgan fingerprint density at radius 3 is 2.88 bits per heavy atom. The van der Waals surface area contributed by atoms with Gasteiger partial charge in [0, 0.05) is 18.9 Å². The summed E-state index contributed by atoms with van der Waals surface area (Å²) in [6.45, 7) is 0.871. The van der Waals surface area contributed by atoms with Crippen LogP contribution in [0.1, 0.15) is 19.3 Å². The molecule has 1 aliphatic rings. The molecule has 1 heterocycles. The first-order valence-electron chi connectivity index (χ1n) is 8.31. The third kappa shape index (κ3) is 4.76. The van der Waals surface area contributed by atoms with Crippen molar-refractivity contribution in [3.05, 3.63) is 42.7 Å². The van der Waals surface area contributed by atoms with Crippen molar-refractivity contribution in [2.24, 2.45) is 5.92 Å². The fourth-order valence-corrected chi connectivity index (χ4v) is 2.96. The Hall–Kier alpha value is -2.48. The molecule has 1 amide bonds. The zero-order chi connectivity index (χ0) is 17.6. The summed E-state index contributed by atoms with van der Waals surface area (Å²) >= 11 is 0. The van der Waals surface area contributed by atoms with E-state index in [2.05, 4.69) is 15.4 Å². The zero-order valence-electron chi connectivity index (χ0n) is 13.7. The molecule has 0 bridgehead atoms. The Bertz CT molecular complexity index is 678. The largest absolute Gasteiger partial charge is 0.488 e. The molecule has 7 nitrogen and oxygen atoms in total. The van der Waals surface area contributed by atoms with Crippen LogP contribution in [0.5, 0.6) is 5.75 Å². The lowest BCUT2D eigenvalue weighted by Crippen LogP contribution is -2.37. The first-order chi connectivity index (χ1) is 12.1. The van der Waals surface area contributed by atoms with Gasteiger partial charge in [-0.3, -0.25) is 9.48 Å².